The molecule has 25 heavy (non-hydrogen) atoms. The molecule has 3 aromatic rings. The monoisotopic (exact) mass is 379 g/mol. The molecule has 0 fully saturated rings. The first-order valence-corrected chi connectivity index (χ1v) is 8.46. The first kappa shape index (κ1) is 17.2. The molecule has 0 radical (unpaired) electrons. The highest BCUT2D eigenvalue weighted by Crippen LogP contribution is 2.31. The standard InChI is InChI=1S/C16H14ClN3O4S/c1-8(14-19-20-15(24-14)13-4-3-5-25-13)23-16(21)9-6-10(17)11(18)7-12(9)22-2/h3-8H,18H2,1-2H3/t8-/m0/s1. The Kier molecular flexibility index (Phi) is 4.91. The lowest BCUT2D eigenvalue weighted by atomic mass is 10.2. The highest BCUT2D eigenvalue weighted by atomic mass is 35.5. The number of carbonyl (C=O) groups is 1. The highest BCUT2D eigenvalue weighted by Gasteiger charge is 2.23. The number of methoxy groups -OCH3 is 1. The zero-order valence-corrected chi connectivity index (χ0v) is 14.9. The highest BCUT2D eigenvalue weighted by molar-refractivity contribution is 7.13. The van der Waals surface area contributed by atoms with E-state index in [1.54, 1.807) is 6.92 Å². The number of nitrogen functional groups attached to an aromatic ring is 1. The number of benzene rings is 1. The van der Waals surface area contributed by atoms with Gasteiger partial charge in [-0.3, -0.25) is 0 Å². The van der Waals surface area contributed by atoms with Gasteiger partial charge in [0.15, 0.2) is 6.10 Å². The van der Waals surface area contributed by atoms with Crippen molar-refractivity contribution in [3.05, 3.63) is 46.1 Å². The van der Waals surface area contributed by atoms with Gasteiger partial charge in [0.25, 0.3) is 11.8 Å². The van der Waals surface area contributed by atoms with Crippen molar-refractivity contribution in [1.82, 2.24) is 10.2 Å². The molecule has 9 heteroatoms. The van der Waals surface area contributed by atoms with Gasteiger partial charge in [-0.05, 0) is 24.4 Å². The van der Waals surface area contributed by atoms with Crippen LogP contribution in [0, 0.1) is 0 Å². The Labute approximate surface area is 152 Å². The molecule has 1 atom stereocenters. The lowest BCUT2D eigenvalue weighted by molar-refractivity contribution is 0.0276. The number of ether oxygens (including phenoxy) is 2. The van der Waals surface area contributed by atoms with Crippen LogP contribution in [-0.4, -0.2) is 23.3 Å². The van der Waals surface area contributed by atoms with Gasteiger partial charge in [-0.2, -0.15) is 0 Å². The predicted octanol–water partition coefficient (Wildman–Crippen LogP) is 3.96. The third-order valence-electron chi connectivity index (χ3n) is 3.34. The van der Waals surface area contributed by atoms with Crippen molar-refractivity contribution in [2.75, 3.05) is 12.8 Å². The van der Waals surface area contributed by atoms with Crippen molar-refractivity contribution in [3.63, 3.8) is 0 Å². The maximum absolute atomic E-state index is 12.4. The number of nitrogens with two attached hydrogens (primary N) is 1. The number of aromatic nitrogens is 2. The molecule has 0 spiro atoms. The van der Waals surface area contributed by atoms with Gasteiger partial charge in [0.2, 0.25) is 0 Å². The van der Waals surface area contributed by atoms with E-state index in [1.807, 2.05) is 17.5 Å². The van der Waals surface area contributed by atoms with Crippen molar-refractivity contribution < 1.29 is 18.7 Å². The number of hydrogen-bond donors (Lipinski definition) is 1. The second-order valence-corrected chi connectivity index (χ2v) is 6.40. The van der Waals surface area contributed by atoms with Crippen molar-refractivity contribution in [2.45, 2.75) is 13.0 Å². The number of halogens is 1. The van der Waals surface area contributed by atoms with E-state index < -0.39 is 12.1 Å². The average molecular weight is 380 g/mol. The minimum atomic E-state index is -0.741. The summed E-state index contributed by atoms with van der Waals surface area (Å²) in [5.74, 6) is 0.198. The van der Waals surface area contributed by atoms with Gasteiger partial charge in [0.05, 0.1) is 22.7 Å². The minimum Gasteiger partial charge on any atom is -0.496 e. The summed E-state index contributed by atoms with van der Waals surface area (Å²) in [5, 5.41) is 10.0. The zero-order valence-electron chi connectivity index (χ0n) is 13.4. The van der Waals surface area contributed by atoms with Gasteiger partial charge >= 0.3 is 5.97 Å². The summed E-state index contributed by atoms with van der Waals surface area (Å²) < 4.78 is 16.1. The molecule has 0 amide bonds. The summed E-state index contributed by atoms with van der Waals surface area (Å²) in [6, 6.07) is 6.60. The van der Waals surface area contributed by atoms with Crippen molar-refractivity contribution in [1.29, 1.82) is 0 Å². The van der Waals surface area contributed by atoms with Crippen molar-refractivity contribution in [3.8, 4) is 16.5 Å². The van der Waals surface area contributed by atoms with Crippen LogP contribution in [0.5, 0.6) is 5.75 Å². The van der Waals surface area contributed by atoms with E-state index in [2.05, 4.69) is 10.2 Å². The molecule has 2 aromatic heterocycles. The Morgan fingerprint density at radius 1 is 1.40 bits per heavy atom. The lowest BCUT2D eigenvalue weighted by Gasteiger charge is -2.13. The molecule has 0 unspecified atom stereocenters. The first-order chi connectivity index (χ1) is 12.0. The van der Waals surface area contributed by atoms with E-state index in [1.165, 1.54) is 30.6 Å². The molecule has 1 aromatic carbocycles. The van der Waals surface area contributed by atoms with Gasteiger partial charge in [0.1, 0.15) is 11.3 Å². The Morgan fingerprint density at radius 2 is 2.20 bits per heavy atom. The van der Waals surface area contributed by atoms with Crippen molar-refractivity contribution in [2.24, 2.45) is 0 Å². The fraction of sp³-hybridized carbons (Fsp3) is 0.188. The van der Waals surface area contributed by atoms with Crippen LogP contribution in [0.15, 0.2) is 34.1 Å². The van der Waals surface area contributed by atoms with E-state index in [-0.39, 0.29) is 22.2 Å². The Balaban J connectivity index is 1.78. The second kappa shape index (κ2) is 7.12. The molecule has 3 rings (SSSR count). The first-order valence-electron chi connectivity index (χ1n) is 7.21. The SMILES string of the molecule is COc1cc(N)c(Cl)cc1C(=O)O[C@@H](C)c1nnc(-c2cccs2)o1. The molecular formula is C16H14ClN3O4S. The third-order valence-corrected chi connectivity index (χ3v) is 4.53. The van der Waals surface area contributed by atoms with Crippen LogP contribution in [0.4, 0.5) is 5.69 Å². The van der Waals surface area contributed by atoms with Crippen LogP contribution >= 0.6 is 22.9 Å². The van der Waals surface area contributed by atoms with Crippen molar-refractivity contribution >= 4 is 34.6 Å². The van der Waals surface area contributed by atoms with Gasteiger partial charge in [-0.25, -0.2) is 4.79 Å². The molecule has 7 nitrogen and oxygen atoms in total. The molecule has 0 aliphatic rings. The summed E-state index contributed by atoms with van der Waals surface area (Å²) in [6.07, 6.45) is -0.741. The minimum absolute atomic E-state index is 0.159. The van der Waals surface area contributed by atoms with Crippen LogP contribution in [0.3, 0.4) is 0 Å². The summed E-state index contributed by atoms with van der Waals surface area (Å²) in [4.78, 5) is 13.3. The van der Waals surface area contributed by atoms with Gasteiger partial charge < -0.3 is 19.6 Å². The fourth-order valence-electron chi connectivity index (χ4n) is 2.07. The maximum Gasteiger partial charge on any atom is 0.342 e. The van der Waals surface area contributed by atoms with Gasteiger partial charge in [0, 0.05) is 6.07 Å². The molecule has 0 aliphatic carbocycles. The Morgan fingerprint density at radius 3 is 2.88 bits per heavy atom. The largest absolute Gasteiger partial charge is 0.496 e. The number of carbonyl (C=O) groups excluding carboxylic acids is 1. The Hall–Kier alpha value is -2.58. The molecule has 0 saturated carbocycles. The number of rotatable bonds is 5. The van der Waals surface area contributed by atoms with Crippen LogP contribution in [0.2, 0.25) is 5.02 Å². The molecule has 130 valence electrons. The number of nitrogens with zero attached hydrogens (tertiary/aromatic N) is 2. The van der Waals surface area contributed by atoms with E-state index >= 15 is 0 Å². The summed E-state index contributed by atoms with van der Waals surface area (Å²) in [6.45, 7) is 1.63. The molecule has 2 heterocycles. The summed E-state index contributed by atoms with van der Waals surface area (Å²) in [7, 11) is 1.42. The second-order valence-electron chi connectivity index (χ2n) is 5.04. The topological polar surface area (TPSA) is 100 Å². The molecule has 2 N–H and O–H groups in total. The number of anilines is 1. The number of esters is 1. The molecule has 0 bridgehead atoms. The quantitative estimate of drug-likeness (QED) is 0.528. The van der Waals surface area contributed by atoms with E-state index in [4.69, 9.17) is 31.2 Å². The molecular weight excluding hydrogens is 366 g/mol. The van der Waals surface area contributed by atoms with E-state index in [0.29, 0.717) is 11.6 Å². The summed E-state index contributed by atoms with van der Waals surface area (Å²) >= 11 is 7.45. The number of thiophene rings is 1. The molecule has 0 aliphatic heterocycles. The van der Waals surface area contributed by atoms with Crippen LogP contribution in [0.25, 0.3) is 10.8 Å². The van der Waals surface area contributed by atoms with E-state index in [0.717, 1.165) is 4.88 Å². The van der Waals surface area contributed by atoms with Gasteiger partial charge in [-0.1, -0.05) is 17.7 Å². The fourth-order valence-corrected chi connectivity index (χ4v) is 2.88. The Bertz CT molecular complexity index is 895. The maximum atomic E-state index is 12.4. The van der Waals surface area contributed by atoms with E-state index in [9.17, 15) is 4.79 Å². The average Bonchev–Trinajstić information content (AvgIpc) is 3.27. The molecule has 0 saturated heterocycles. The lowest BCUT2D eigenvalue weighted by Crippen LogP contribution is -2.11. The zero-order chi connectivity index (χ0) is 18.0. The third kappa shape index (κ3) is 3.59. The van der Waals surface area contributed by atoms with Crippen LogP contribution in [-0.2, 0) is 4.74 Å². The summed E-state index contributed by atoms with van der Waals surface area (Å²) in [5.41, 5.74) is 6.18. The predicted molar refractivity (Wildman–Crippen MR) is 93.9 cm³/mol. The van der Waals surface area contributed by atoms with Crippen LogP contribution in [0.1, 0.15) is 29.3 Å². The van der Waals surface area contributed by atoms with Gasteiger partial charge in [-0.15, -0.1) is 21.5 Å². The normalized spacial score (nSPS) is 12.0. The smallest absolute Gasteiger partial charge is 0.342 e. The number of hydrogen-bond acceptors (Lipinski definition) is 8. The van der Waals surface area contributed by atoms with Crippen LogP contribution < -0.4 is 10.5 Å².